The van der Waals surface area contributed by atoms with Crippen molar-refractivity contribution in [3.63, 3.8) is 0 Å². The average molecular weight is 591 g/mol. The number of imide groups is 2. The number of anilines is 1. The second-order valence-corrected chi connectivity index (χ2v) is 9.22. The van der Waals surface area contributed by atoms with Crippen LogP contribution in [0.3, 0.4) is 0 Å². The SMILES string of the molecule is O=C1NC(=O)N(c2cccc([N+](=O)[O-])c2)C(=O)/C1=C/c1cc(Cl)cc(Cl)c1OCc1ccc(Br)cc1. The van der Waals surface area contributed by atoms with E-state index in [2.05, 4.69) is 21.2 Å². The number of benzene rings is 3. The smallest absolute Gasteiger partial charge is 0.335 e. The van der Waals surface area contributed by atoms with E-state index in [0.717, 1.165) is 16.1 Å². The second kappa shape index (κ2) is 10.5. The minimum absolute atomic E-state index is 0.0825. The number of non-ortho nitro benzene ring substituents is 1. The fourth-order valence-corrected chi connectivity index (χ4v) is 4.20. The van der Waals surface area contributed by atoms with Gasteiger partial charge in [-0.25, -0.2) is 9.69 Å². The minimum atomic E-state index is -1.04. The number of nitrogens with zero attached hydrogens (tertiary/aromatic N) is 2. The molecule has 4 rings (SSSR count). The predicted molar refractivity (Wildman–Crippen MR) is 137 cm³/mol. The summed E-state index contributed by atoms with van der Waals surface area (Å²) >= 11 is 15.9. The molecule has 1 saturated heterocycles. The fraction of sp³-hybridized carbons (Fsp3) is 0.0417. The van der Waals surface area contributed by atoms with Crippen LogP contribution >= 0.6 is 39.1 Å². The van der Waals surface area contributed by atoms with Gasteiger partial charge in [-0.3, -0.25) is 25.0 Å². The lowest BCUT2D eigenvalue weighted by molar-refractivity contribution is -0.384. The number of nitro groups is 1. The van der Waals surface area contributed by atoms with Crippen LogP contribution in [0.25, 0.3) is 6.08 Å². The fourth-order valence-electron chi connectivity index (χ4n) is 3.37. The number of amides is 4. The Bertz CT molecular complexity index is 1440. The molecular formula is C24H14BrCl2N3O6. The van der Waals surface area contributed by atoms with E-state index in [1.807, 2.05) is 24.3 Å². The van der Waals surface area contributed by atoms with Crippen molar-refractivity contribution in [2.75, 3.05) is 4.90 Å². The Hall–Kier alpha value is -3.73. The summed E-state index contributed by atoms with van der Waals surface area (Å²) in [5.41, 5.74) is 0.211. The highest BCUT2D eigenvalue weighted by molar-refractivity contribution is 9.10. The summed E-state index contributed by atoms with van der Waals surface area (Å²) in [6.07, 6.45) is 1.20. The predicted octanol–water partition coefficient (Wildman–Crippen LogP) is 5.91. The van der Waals surface area contributed by atoms with Crippen molar-refractivity contribution in [3.05, 3.63) is 102 Å². The maximum absolute atomic E-state index is 13.2. The zero-order valence-corrected chi connectivity index (χ0v) is 21.1. The molecule has 1 aliphatic heterocycles. The number of urea groups is 1. The molecule has 0 aliphatic carbocycles. The lowest BCUT2D eigenvalue weighted by atomic mass is 10.1. The zero-order valence-electron chi connectivity index (χ0n) is 18.0. The van der Waals surface area contributed by atoms with E-state index in [4.69, 9.17) is 27.9 Å². The van der Waals surface area contributed by atoms with Gasteiger partial charge in [0.1, 0.15) is 17.9 Å². The number of rotatable bonds is 6. The third-order valence-electron chi connectivity index (χ3n) is 5.03. The highest BCUT2D eigenvalue weighted by atomic mass is 79.9. The molecule has 0 spiro atoms. The van der Waals surface area contributed by atoms with Gasteiger partial charge >= 0.3 is 6.03 Å². The highest BCUT2D eigenvalue weighted by Crippen LogP contribution is 2.35. The van der Waals surface area contributed by atoms with Crippen LogP contribution in [0.1, 0.15) is 11.1 Å². The first-order chi connectivity index (χ1) is 17.1. The second-order valence-electron chi connectivity index (χ2n) is 7.46. The average Bonchev–Trinajstić information content (AvgIpc) is 2.82. The van der Waals surface area contributed by atoms with Gasteiger partial charge in [-0.2, -0.15) is 0 Å². The largest absolute Gasteiger partial charge is 0.487 e. The third-order valence-corrected chi connectivity index (χ3v) is 6.06. The quantitative estimate of drug-likeness (QED) is 0.165. The Morgan fingerprint density at radius 2 is 1.78 bits per heavy atom. The molecule has 0 aromatic heterocycles. The van der Waals surface area contributed by atoms with Gasteiger partial charge in [-0.1, -0.05) is 57.3 Å². The molecular weight excluding hydrogens is 577 g/mol. The summed E-state index contributed by atoms with van der Waals surface area (Å²) in [6.45, 7) is 0.128. The normalized spacial score (nSPS) is 14.7. The van der Waals surface area contributed by atoms with Crippen LogP contribution in [0.2, 0.25) is 10.0 Å². The van der Waals surface area contributed by atoms with E-state index in [1.54, 1.807) is 0 Å². The Kier molecular flexibility index (Phi) is 7.39. The van der Waals surface area contributed by atoms with Gasteiger partial charge < -0.3 is 4.74 Å². The molecule has 1 heterocycles. The summed E-state index contributed by atoms with van der Waals surface area (Å²) in [6, 6.07) is 14.1. The summed E-state index contributed by atoms with van der Waals surface area (Å²) in [5.74, 6) is -1.78. The van der Waals surface area contributed by atoms with Crippen LogP contribution in [0.15, 0.2) is 70.7 Å². The monoisotopic (exact) mass is 589 g/mol. The molecule has 1 N–H and O–H groups in total. The number of halogens is 3. The van der Waals surface area contributed by atoms with Gasteiger partial charge in [0.05, 0.1) is 15.6 Å². The molecule has 3 aromatic rings. The summed E-state index contributed by atoms with van der Waals surface area (Å²) in [4.78, 5) is 49.4. The van der Waals surface area contributed by atoms with Crippen molar-refractivity contribution in [1.82, 2.24) is 5.32 Å². The van der Waals surface area contributed by atoms with Gasteiger partial charge in [0.15, 0.2) is 0 Å². The highest BCUT2D eigenvalue weighted by Gasteiger charge is 2.37. The lowest BCUT2D eigenvalue weighted by Gasteiger charge is -2.26. The molecule has 0 unspecified atom stereocenters. The van der Waals surface area contributed by atoms with Crippen molar-refractivity contribution in [3.8, 4) is 5.75 Å². The van der Waals surface area contributed by atoms with E-state index < -0.39 is 28.3 Å². The Morgan fingerprint density at radius 3 is 2.47 bits per heavy atom. The molecule has 12 heteroatoms. The molecule has 4 amide bonds. The molecule has 182 valence electrons. The standard InChI is InChI=1S/C24H14BrCl2N3O6/c25-15-6-4-13(5-7-15)12-36-21-14(8-16(26)10-20(21)27)9-19-22(31)28-24(33)29(23(19)32)17-2-1-3-18(11-17)30(34)35/h1-11H,12H2,(H,28,31,33)/b19-9+. The number of barbiturate groups is 1. The summed E-state index contributed by atoms with van der Waals surface area (Å²) in [7, 11) is 0. The van der Waals surface area contributed by atoms with Crippen molar-refractivity contribution < 1.29 is 24.0 Å². The van der Waals surface area contributed by atoms with Crippen molar-refractivity contribution in [2.45, 2.75) is 6.61 Å². The number of ether oxygens (including phenoxy) is 1. The number of hydrogen-bond acceptors (Lipinski definition) is 6. The van der Waals surface area contributed by atoms with Crippen molar-refractivity contribution >= 4 is 74.4 Å². The molecule has 9 nitrogen and oxygen atoms in total. The molecule has 1 fully saturated rings. The number of nitrogens with one attached hydrogen (secondary N) is 1. The van der Waals surface area contributed by atoms with E-state index in [1.165, 1.54) is 36.4 Å². The Morgan fingerprint density at radius 1 is 1.06 bits per heavy atom. The van der Waals surface area contributed by atoms with Gasteiger partial charge in [0, 0.05) is 27.2 Å². The van der Waals surface area contributed by atoms with Crippen LogP contribution in [-0.2, 0) is 16.2 Å². The van der Waals surface area contributed by atoms with Crippen LogP contribution in [0, 0.1) is 10.1 Å². The van der Waals surface area contributed by atoms with E-state index in [-0.39, 0.29) is 39.3 Å². The molecule has 0 bridgehead atoms. The molecule has 0 atom stereocenters. The maximum Gasteiger partial charge on any atom is 0.335 e. The van der Waals surface area contributed by atoms with Crippen LogP contribution in [-0.4, -0.2) is 22.8 Å². The van der Waals surface area contributed by atoms with Crippen LogP contribution in [0.4, 0.5) is 16.2 Å². The van der Waals surface area contributed by atoms with E-state index in [9.17, 15) is 24.5 Å². The zero-order chi connectivity index (χ0) is 26.0. The molecule has 1 aliphatic rings. The molecule has 36 heavy (non-hydrogen) atoms. The molecule has 0 radical (unpaired) electrons. The van der Waals surface area contributed by atoms with Gasteiger partial charge in [-0.05, 0) is 42.0 Å². The minimum Gasteiger partial charge on any atom is -0.487 e. The number of nitro benzene ring substituents is 1. The maximum atomic E-state index is 13.2. The van der Waals surface area contributed by atoms with E-state index in [0.29, 0.717) is 4.90 Å². The van der Waals surface area contributed by atoms with Gasteiger partial charge in [-0.15, -0.1) is 0 Å². The van der Waals surface area contributed by atoms with Crippen molar-refractivity contribution in [2.24, 2.45) is 0 Å². The Labute approximate surface area is 222 Å². The molecule has 3 aromatic carbocycles. The number of carbonyl (C=O) groups excluding carboxylic acids is 3. The molecule has 0 saturated carbocycles. The lowest BCUT2D eigenvalue weighted by Crippen LogP contribution is -2.54. The number of hydrogen-bond donors (Lipinski definition) is 1. The van der Waals surface area contributed by atoms with Crippen LogP contribution in [0.5, 0.6) is 5.75 Å². The number of carbonyl (C=O) groups is 3. The first-order valence-electron chi connectivity index (χ1n) is 10.2. The third kappa shape index (κ3) is 5.40. The van der Waals surface area contributed by atoms with Gasteiger partial charge in [0.25, 0.3) is 17.5 Å². The van der Waals surface area contributed by atoms with Crippen LogP contribution < -0.4 is 15.0 Å². The van der Waals surface area contributed by atoms with E-state index >= 15 is 0 Å². The first kappa shape index (κ1) is 25.4. The summed E-state index contributed by atoms with van der Waals surface area (Å²) in [5, 5.41) is 13.6. The first-order valence-corrected chi connectivity index (χ1v) is 11.7. The summed E-state index contributed by atoms with van der Waals surface area (Å²) < 4.78 is 6.78. The van der Waals surface area contributed by atoms with Gasteiger partial charge in [0.2, 0.25) is 0 Å². The van der Waals surface area contributed by atoms with Crippen molar-refractivity contribution in [1.29, 1.82) is 0 Å². The Balaban J connectivity index is 1.72. The topological polar surface area (TPSA) is 119 Å².